The van der Waals surface area contributed by atoms with Gasteiger partial charge in [0.05, 0.1) is 5.69 Å². The molecule has 0 spiro atoms. The van der Waals surface area contributed by atoms with Gasteiger partial charge in [0.2, 0.25) is 0 Å². The zero-order chi connectivity index (χ0) is 20.2. The summed E-state index contributed by atoms with van der Waals surface area (Å²) in [5, 5.41) is 3.60. The van der Waals surface area contributed by atoms with Crippen molar-refractivity contribution >= 4 is 22.5 Å². The number of thioether (sulfide) groups is 1. The molecular weight excluding hydrogens is 348 g/mol. The summed E-state index contributed by atoms with van der Waals surface area (Å²) >= 11 is 1.74. The zero-order valence-corrected chi connectivity index (χ0v) is 18.5. The smallest absolute Gasteiger partial charge is 0.173 e. The third-order valence-corrected chi connectivity index (χ3v) is 5.71. The molecule has 0 aliphatic rings. The van der Waals surface area contributed by atoms with Crippen molar-refractivity contribution in [3.8, 4) is 5.69 Å². The predicted molar refractivity (Wildman–Crippen MR) is 121 cm³/mol. The molecule has 0 atom stereocenters. The van der Waals surface area contributed by atoms with Gasteiger partial charge in [-0.3, -0.25) is 4.57 Å². The minimum atomic E-state index is -0.0662. The molecule has 0 bridgehead atoms. The summed E-state index contributed by atoms with van der Waals surface area (Å²) in [5.74, 6) is 0.497. The minimum Gasteiger partial charge on any atom is -0.291 e. The number of hydrogen-bond donors (Lipinski definition) is 0. The maximum absolute atomic E-state index is 4.67. The number of hydrogen-bond acceptors (Lipinski definition) is 2. The first-order valence-electron chi connectivity index (χ1n) is 9.73. The Balaban J connectivity index is 0.00000126. The average Bonchev–Trinajstić information content (AvgIpc) is 3.01. The summed E-state index contributed by atoms with van der Waals surface area (Å²) in [6.07, 6.45) is 3.93. The molecule has 0 aliphatic carbocycles. The van der Waals surface area contributed by atoms with Gasteiger partial charge in [-0.2, -0.15) is 0 Å². The second-order valence-corrected chi connectivity index (χ2v) is 8.92. The molecule has 1 heterocycles. The standard InChI is InChI=1S/C22H26N2S.C2H6/c1-7-22(5,6)25-21-23-14-16(4)24(21)20-13-12-17(15(2)3)18-10-8-9-11-19(18)20;1-2/h7-15H,1H2,2-6H3;1-2H3. The summed E-state index contributed by atoms with van der Waals surface area (Å²) in [5.41, 5.74) is 3.72. The van der Waals surface area contributed by atoms with E-state index in [2.05, 4.69) is 87.1 Å². The van der Waals surface area contributed by atoms with Crippen LogP contribution in [-0.4, -0.2) is 14.3 Å². The Morgan fingerprint density at radius 2 is 1.70 bits per heavy atom. The van der Waals surface area contributed by atoms with Gasteiger partial charge in [-0.15, -0.1) is 6.58 Å². The molecule has 2 nitrogen and oxygen atoms in total. The summed E-state index contributed by atoms with van der Waals surface area (Å²) in [6.45, 7) is 18.9. The molecule has 27 heavy (non-hydrogen) atoms. The van der Waals surface area contributed by atoms with Crippen molar-refractivity contribution in [3.63, 3.8) is 0 Å². The lowest BCUT2D eigenvalue weighted by molar-refractivity contribution is 0.838. The lowest BCUT2D eigenvalue weighted by Crippen LogP contribution is -2.12. The van der Waals surface area contributed by atoms with Gasteiger partial charge in [0.25, 0.3) is 0 Å². The van der Waals surface area contributed by atoms with Crippen LogP contribution in [-0.2, 0) is 0 Å². The van der Waals surface area contributed by atoms with Crippen molar-refractivity contribution in [1.29, 1.82) is 0 Å². The third-order valence-electron chi connectivity index (χ3n) is 4.55. The Hall–Kier alpha value is -2.00. The highest BCUT2D eigenvalue weighted by Gasteiger charge is 2.21. The van der Waals surface area contributed by atoms with E-state index in [0.29, 0.717) is 5.92 Å². The van der Waals surface area contributed by atoms with E-state index < -0.39 is 0 Å². The van der Waals surface area contributed by atoms with Crippen molar-refractivity contribution in [3.05, 3.63) is 66.5 Å². The van der Waals surface area contributed by atoms with Gasteiger partial charge >= 0.3 is 0 Å². The van der Waals surface area contributed by atoms with Crippen molar-refractivity contribution < 1.29 is 0 Å². The van der Waals surface area contributed by atoms with E-state index in [9.17, 15) is 0 Å². The fourth-order valence-corrected chi connectivity index (χ4v) is 4.05. The van der Waals surface area contributed by atoms with E-state index in [4.69, 9.17) is 0 Å². The minimum absolute atomic E-state index is 0.0662. The van der Waals surface area contributed by atoms with Crippen LogP contribution in [0.2, 0.25) is 0 Å². The van der Waals surface area contributed by atoms with E-state index in [1.807, 2.05) is 26.1 Å². The summed E-state index contributed by atoms with van der Waals surface area (Å²) < 4.78 is 2.20. The number of fused-ring (bicyclic) bond motifs is 1. The normalized spacial score (nSPS) is 11.4. The van der Waals surface area contributed by atoms with Crippen molar-refractivity contribution in [2.75, 3.05) is 0 Å². The molecule has 0 saturated heterocycles. The van der Waals surface area contributed by atoms with Crippen LogP contribution in [0.3, 0.4) is 0 Å². The Morgan fingerprint density at radius 1 is 1.07 bits per heavy atom. The monoisotopic (exact) mass is 380 g/mol. The molecule has 1 aromatic heterocycles. The molecule has 3 aromatic rings. The van der Waals surface area contributed by atoms with Crippen molar-refractivity contribution in [2.45, 2.75) is 64.3 Å². The summed E-state index contributed by atoms with van der Waals surface area (Å²) in [7, 11) is 0. The lowest BCUT2D eigenvalue weighted by Gasteiger charge is -2.21. The van der Waals surface area contributed by atoms with Crippen molar-refractivity contribution in [2.24, 2.45) is 0 Å². The van der Waals surface area contributed by atoms with Gasteiger partial charge < -0.3 is 0 Å². The van der Waals surface area contributed by atoms with Gasteiger partial charge in [-0.1, -0.05) is 75.9 Å². The van der Waals surface area contributed by atoms with Gasteiger partial charge in [-0.25, -0.2) is 4.98 Å². The first kappa shape index (κ1) is 21.3. The van der Waals surface area contributed by atoms with E-state index in [-0.39, 0.29) is 4.75 Å². The van der Waals surface area contributed by atoms with Gasteiger partial charge in [-0.05, 0) is 43.7 Å². The molecule has 0 saturated carbocycles. The Morgan fingerprint density at radius 3 is 2.30 bits per heavy atom. The molecule has 0 unspecified atom stereocenters. The highest BCUT2D eigenvalue weighted by Crippen LogP contribution is 2.37. The molecule has 0 fully saturated rings. The van der Waals surface area contributed by atoms with Crippen LogP contribution in [0.5, 0.6) is 0 Å². The number of imidazole rings is 1. The quantitative estimate of drug-likeness (QED) is 0.336. The van der Waals surface area contributed by atoms with Crippen LogP contribution in [0, 0.1) is 6.92 Å². The molecule has 144 valence electrons. The number of aromatic nitrogens is 2. The van der Waals surface area contributed by atoms with Gasteiger partial charge in [0, 0.05) is 22.0 Å². The number of rotatable bonds is 5. The molecule has 0 aliphatic heterocycles. The highest BCUT2D eigenvalue weighted by atomic mass is 32.2. The van der Waals surface area contributed by atoms with Crippen LogP contribution in [0.15, 0.2) is 60.4 Å². The first-order valence-corrected chi connectivity index (χ1v) is 10.5. The molecule has 3 rings (SSSR count). The van der Waals surface area contributed by atoms with Crippen LogP contribution in [0.25, 0.3) is 16.5 Å². The SMILES string of the molecule is C=CC(C)(C)Sc1ncc(C)n1-c1ccc(C(C)C)c2ccccc12.CC. The highest BCUT2D eigenvalue weighted by molar-refractivity contribution is 8.00. The topological polar surface area (TPSA) is 17.8 Å². The Kier molecular flexibility index (Phi) is 6.94. The van der Waals surface area contributed by atoms with Crippen LogP contribution in [0.1, 0.15) is 58.7 Å². The molecule has 3 heteroatoms. The number of aryl methyl sites for hydroxylation is 1. The maximum atomic E-state index is 4.67. The molecule has 0 N–H and O–H groups in total. The van der Waals surface area contributed by atoms with Gasteiger partial charge in [0.1, 0.15) is 0 Å². The molecule has 2 aromatic carbocycles. The average molecular weight is 381 g/mol. The fraction of sp³-hybridized carbons (Fsp3) is 0.375. The largest absolute Gasteiger partial charge is 0.291 e. The Bertz CT molecular complexity index is 919. The third kappa shape index (κ3) is 4.47. The first-order chi connectivity index (χ1) is 12.8. The number of benzene rings is 2. The van der Waals surface area contributed by atoms with Gasteiger partial charge in [0.15, 0.2) is 5.16 Å². The van der Waals surface area contributed by atoms with E-state index in [1.54, 1.807) is 11.8 Å². The fourth-order valence-electron chi connectivity index (χ4n) is 3.06. The van der Waals surface area contributed by atoms with E-state index in [1.165, 1.54) is 22.0 Å². The second-order valence-electron chi connectivity index (χ2n) is 7.30. The molecular formula is C24H32N2S. The van der Waals surface area contributed by atoms with Crippen LogP contribution in [0.4, 0.5) is 0 Å². The van der Waals surface area contributed by atoms with E-state index in [0.717, 1.165) is 10.9 Å². The predicted octanol–water partition coefficient (Wildman–Crippen LogP) is 7.54. The van der Waals surface area contributed by atoms with E-state index >= 15 is 0 Å². The molecule has 0 radical (unpaired) electrons. The zero-order valence-electron chi connectivity index (χ0n) is 17.7. The lowest BCUT2D eigenvalue weighted by atomic mass is 9.95. The maximum Gasteiger partial charge on any atom is 0.173 e. The van der Waals surface area contributed by atoms with Crippen molar-refractivity contribution in [1.82, 2.24) is 9.55 Å². The molecule has 0 amide bonds. The second kappa shape index (κ2) is 8.79. The Labute approximate surface area is 168 Å². The van der Waals surface area contributed by atoms with Crippen LogP contribution < -0.4 is 0 Å². The van der Waals surface area contributed by atoms with Crippen LogP contribution >= 0.6 is 11.8 Å². The summed E-state index contributed by atoms with van der Waals surface area (Å²) in [6, 6.07) is 13.2. The number of nitrogens with zero attached hydrogens (tertiary/aromatic N) is 2. The summed E-state index contributed by atoms with van der Waals surface area (Å²) in [4.78, 5) is 4.67.